The summed E-state index contributed by atoms with van der Waals surface area (Å²) in [5, 5.41) is 3.21. The standard InChI is InChI=1S/C16H17FN2O2/c1-10(11-6-8-12(17)9-7-11)19-14-5-3-4-13(15(14)18)16(20)21-2/h3-10,19H,18H2,1-2H3. The van der Waals surface area contributed by atoms with Crippen LogP contribution >= 0.6 is 0 Å². The maximum Gasteiger partial charge on any atom is 0.340 e. The number of halogens is 1. The topological polar surface area (TPSA) is 64.3 Å². The zero-order valence-corrected chi connectivity index (χ0v) is 11.9. The van der Waals surface area contributed by atoms with Crippen LogP contribution < -0.4 is 11.1 Å². The summed E-state index contributed by atoms with van der Waals surface area (Å²) in [7, 11) is 1.31. The number of nitrogens with one attached hydrogen (secondary N) is 1. The van der Waals surface area contributed by atoms with Gasteiger partial charge in [-0.1, -0.05) is 18.2 Å². The van der Waals surface area contributed by atoms with Gasteiger partial charge in [-0.2, -0.15) is 0 Å². The lowest BCUT2D eigenvalue weighted by Gasteiger charge is -2.18. The molecule has 110 valence electrons. The number of nitrogen functional groups attached to an aromatic ring is 1. The van der Waals surface area contributed by atoms with E-state index in [2.05, 4.69) is 10.1 Å². The molecule has 0 aromatic heterocycles. The molecule has 0 bridgehead atoms. The molecule has 0 aliphatic rings. The quantitative estimate of drug-likeness (QED) is 0.669. The van der Waals surface area contributed by atoms with Gasteiger partial charge in [-0.05, 0) is 36.8 Å². The molecule has 2 aromatic rings. The normalized spacial score (nSPS) is 11.8. The number of carbonyl (C=O) groups is 1. The predicted octanol–water partition coefficient (Wildman–Crippen LogP) is 3.37. The Morgan fingerprint density at radius 3 is 2.52 bits per heavy atom. The number of hydrogen-bond acceptors (Lipinski definition) is 4. The fourth-order valence-electron chi connectivity index (χ4n) is 2.05. The molecule has 0 spiro atoms. The van der Waals surface area contributed by atoms with E-state index in [1.54, 1.807) is 30.3 Å². The molecule has 0 fully saturated rings. The first-order valence-electron chi connectivity index (χ1n) is 6.51. The van der Waals surface area contributed by atoms with Crippen LogP contribution in [0.25, 0.3) is 0 Å². The average molecular weight is 288 g/mol. The number of anilines is 2. The van der Waals surface area contributed by atoms with Crippen LogP contribution in [0.15, 0.2) is 42.5 Å². The van der Waals surface area contributed by atoms with Crippen molar-refractivity contribution >= 4 is 17.3 Å². The van der Waals surface area contributed by atoms with Gasteiger partial charge in [0, 0.05) is 6.04 Å². The monoisotopic (exact) mass is 288 g/mol. The zero-order valence-electron chi connectivity index (χ0n) is 11.9. The second kappa shape index (κ2) is 6.26. The summed E-state index contributed by atoms with van der Waals surface area (Å²) in [6, 6.07) is 11.2. The Morgan fingerprint density at radius 2 is 1.90 bits per heavy atom. The van der Waals surface area contributed by atoms with Crippen molar-refractivity contribution < 1.29 is 13.9 Å². The van der Waals surface area contributed by atoms with E-state index in [4.69, 9.17) is 5.73 Å². The van der Waals surface area contributed by atoms with Gasteiger partial charge >= 0.3 is 5.97 Å². The van der Waals surface area contributed by atoms with Crippen molar-refractivity contribution in [3.05, 3.63) is 59.4 Å². The Kier molecular flexibility index (Phi) is 4.42. The first-order chi connectivity index (χ1) is 10.0. The molecule has 2 rings (SSSR count). The van der Waals surface area contributed by atoms with E-state index < -0.39 is 5.97 Å². The number of hydrogen-bond donors (Lipinski definition) is 2. The molecule has 2 aromatic carbocycles. The van der Waals surface area contributed by atoms with Crippen LogP contribution in [0.1, 0.15) is 28.9 Å². The Bertz CT molecular complexity index is 641. The molecule has 0 aliphatic heterocycles. The van der Waals surface area contributed by atoms with Crippen LogP contribution in [0.5, 0.6) is 0 Å². The SMILES string of the molecule is COC(=O)c1cccc(NC(C)c2ccc(F)cc2)c1N. The highest BCUT2D eigenvalue weighted by Crippen LogP contribution is 2.27. The lowest BCUT2D eigenvalue weighted by molar-refractivity contribution is 0.0602. The molecule has 0 saturated heterocycles. The van der Waals surface area contributed by atoms with Gasteiger partial charge in [-0.15, -0.1) is 0 Å². The van der Waals surface area contributed by atoms with Gasteiger partial charge in [-0.25, -0.2) is 9.18 Å². The third kappa shape index (κ3) is 3.31. The van der Waals surface area contributed by atoms with Gasteiger partial charge in [-0.3, -0.25) is 0 Å². The van der Waals surface area contributed by atoms with Gasteiger partial charge in [0.15, 0.2) is 0 Å². The Hall–Kier alpha value is -2.56. The van der Waals surface area contributed by atoms with Crippen molar-refractivity contribution in [1.82, 2.24) is 0 Å². The summed E-state index contributed by atoms with van der Waals surface area (Å²) in [6.07, 6.45) is 0. The minimum absolute atomic E-state index is 0.0826. The fourth-order valence-corrected chi connectivity index (χ4v) is 2.05. The highest BCUT2D eigenvalue weighted by molar-refractivity contribution is 5.98. The van der Waals surface area contributed by atoms with Gasteiger partial charge in [0.2, 0.25) is 0 Å². The van der Waals surface area contributed by atoms with E-state index in [0.717, 1.165) is 5.56 Å². The number of methoxy groups -OCH3 is 1. The second-order valence-electron chi connectivity index (χ2n) is 4.68. The summed E-state index contributed by atoms with van der Waals surface area (Å²) in [5.41, 5.74) is 8.18. The Balaban J connectivity index is 2.23. The molecule has 4 nitrogen and oxygen atoms in total. The third-order valence-electron chi connectivity index (χ3n) is 3.25. The fraction of sp³-hybridized carbons (Fsp3) is 0.188. The molecule has 21 heavy (non-hydrogen) atoms. The number of rotatable bonds is 4. The van der Waals surface area contributed by atoms with Gasteiger partial charge in [0.1, 0.15) is 5.82 Å². The summed E-state index contributed by atoms with van der Waals surface area (Å²) in [6.45, 7) is 1.93. The Morgan fingerprint density at radius 1 is 1.24 bits per heavy atom. The summed E-state index contributed by atoms with van der Waals surface area (Å²) in [4.78, 5) is 11.6. The van der Waals surface area contributed by atoms with Crippen molar-refractivity contribution in [3.63, 3.8) is 0 Å². The number of carbonyl (C=O) groups excluding carboxylic acids is 1. The number of nitrogens with two attached hydrogens (primary N) is 1. The summed E-state index contributed by atoms with van der Waals surface area (Å²) in [5.74, 6) is -0.760. The molecule has 0 saturated carbocycles. The second-order valence-corrected chi connectivity index (χ2v) is 4.68. The van der Waals surface area contributed by atoms with Crippen molar-refractivity contribution in [3.8, 4) is 0 Å². The summed E-state index contributed by atoms with van der Waals surface area (Å²) >= 11 is 0. The van der Waals surface area contributed by atoms with Crippen molar-refractivity contribution in [2.24, 2.45) is 0 Å². The molecule has 0 heterocycles. The van der Waals surface area contributed by atoms with Crippen LogP contribution in [0, 0.1) is 5.82 Å². The molecular weight excluding hydrogens is 271 g/mol. The lowest BCUT2D eigenvalue weighted by atomic mass is 10.1. The minimum Gasteiger partial charge on any atom is -0.465 e. The maximum absolute atomic E-state index is 12.9. The summed E-state index contributed by atoms with van der Waals surface area (Å²) < 4.78 is 17.6. The molecule has 0 radical (unpaired) electrons. The van der Waals surface area contributed by atoms with E-state index in [9.17, 15) is 9.18 Å². The molecule has 3 N–H and O–H groups in total. The first kappa shape index (κ1) is 14.8. The third-order valence-corrected chi connectivity index (χ3v) is 3.25. The van der Waals surface area contributed by atoms with Gasteiger partial charge < -0.3 is 15.8 Å². The maximum atomic E-state index is 12.9. The first-order valence-corrected chi connectivity index (χ1v) is 6.51. The van der Waals surface area contributed by atoms with Crippen LogP contribution in [0.3, 0.4) is 0 Å². The molecular formula is C16H17FN2O2. The van der Waals surface area contributed by atoms with Crippen LogP contribution in [-0.4, -0.2) is 13.1 Å². The van der Waals surface area contributed by atoms with Gasteiger partial charge in [0.25, 0.3) is 0 Å². The van der Waals surface area contributed by atoms with E-state index in [1.165, 1.54) is 19.2 Å². The van der Waals surface area contributed by atoms with Crippen LogP contribution in [0.4, 0.5) is 15.8 Å². The van der Waals surface area contributed by atoms with E-state index in [-0.39, 0.29) is 11.9 Å². The Labute approximate surface area is 122 Å². The highest BCUT2D eigenvalue weighted by atomic mass is 19.1. The molecule has 0 amide bonds. The van der Waals surface area contributed by atoms with E-state index in [1.807, 2.05) is 6.92 Å². The number of ether oxygens (including phenoxy) is 1. The average Bonchev–Trinajstić information content (AvgIpc) is 2.49. The smallest absolute Gasteiger partial charge is 0.340 e. The molecule has 0 aliphatic carbocycles. The largest absolute Gasteiger partial charge is 0.465 e. The zero-order chi connectivity index (χ0) is 15.4. The highest BCUT2D eigenvalue weighted by Gasteiger charge is 2.14. The van der Waals surface area contributed by atoms with Gasteiger partial charge in [0.05, 0.1) is 24.0 Å². The van der Waals surface area contributed by atoms with E-state index >= 15 is 0 Å². The van der Waals surface area contributed by atoms with Crippen molar-refractivity contribution in [2.75, 3.05) is 18.2 Å². The lowest BCUT2D eigenvalue weighted by Crippen LogP contribution is -2.12. The molecule has 1 unspecified atom stereocenters. The van der Waals surface area contributed by atoms with E-state index in [0.29, 0.717) is 16.9 Å². The predicted molar refractivity (Wildman–Crippen MR) is 80.6 cm³/mol. The number of benzene rings is 2. The minimum atomic E-state index is -0.481. The number of para-hydroxylation sites is 1. The van der Waals surface area contributed by atoms with Crippen LogP contribution in [-0.2, 0) is 4.74 Å². The van der Waals surface area contributed by atoms with Crippen molar-refractivity contribution in [1.29, 1.82) is 0 Å². The van der Waals surface area contributed by atoms with Crippen molar-refractivity contribution in [2.45, 2.75) is 13.0 Å². The molecule has 5 heteroatoms. The number of esters is 1. The molecule has 1 atom stereocenters. The van der Waals surface area contributed by atoms with Crippen LogP contribution in [0.2, 0.25) is 0 Å².